The van der Waals surface area contributed by atoms with E-state index in [9.17, 15) is 4.79 Å². The zero-order valence-corrected chi connectivity index (χ0v) is 19.2. The molecule has 2 aliphatic rings. The van der Waals surface area contributed by atoms with Gasteiger partial charge >= 0.3 is 0 Å². The van der Waals surface area contributed by atoms with Crippen molar-refractivity contribution >= 4 is 50.9 Å². The van der Waals surface area contributed by atoms with Gasteiger partial charge in [0.05, 0.1) is 0 Å². The molecular formula is C21H16BrCl2N5O2. The summed E-state index contributed by atoms with van der Waals surface area (Å²) in [5, 5.41) is 16.3. The Bertz CT molecular complexity index is 1230. The summed E-state index contributed by atoms with van der Waals surface area (Å²) in [5.41, 5.74) is 3.15. The van der Waals surface area contributed by atoms with Crippen LogP contribution in [0, 0.1) is 0 Å². The highest BCUT2D eigenvalue weighted by Crippen LogP contribution is 2.43. The lowest BCUT2D eigenvalue weighted by molar-refractivity contribution is -0.116. The van der Waals surface area contributed by atoms with Crippen LogP contribution in [-0.4, -0.2) is 26.0 Å². The lowest BCUT2D eigenvalue weighted by Crippen LogP contribution is -2.31. The Kier molecular flexibility index (Phi) is 5.45. The molecule has 0 amide bonds. The topological polar surface area (TPSA) is 81.9 Å². The number of carbonyl (C=O) groups excluding carboxylic acids is 1. The number of nitrogens with zero attached hydrogens (tertiary/aromatic N) is 4. The molecule has 1 aliphatic heterocycles. The summed E-state index contributed by atoms with van der Waals surface area (Å²) in [4.78, 5) is 12.9. The number of tetrazole rings is 1. The zero-order chi connectivity index (χ0) is 21.5. The third-order valence-electron chi connectivity index (χ3n) is 5.39. The van der Waals surface area contributed by atoms with Crippen LogP contribution in [0.3, 0.4) is 0 Å². The summed E-state index contributed by atoms with van der Waals surface area (Å²) >= 11 is 15.9. The van der Waals surface area contributed by atoms with Crippen molar-refractivity contribution in [3.05, 3.63) is 73.3 Å². The van der Waals surface area contributed by atoms with Crippen molar-refractivity contribution in [1.29, 1.82) is 0 Å². The van der Waals surface area contributed by atoms with E-state index < -0.39 is 6.04 Å². The van der Waals surface area contributed by atoms with Crippen LogP contribution in [0.25, 0.3) is 0 Å². The lowest BCUT2D eigenvalue weighted by Gasteiger charge is -2.32. The standard InChI is InChI=1S/C21H16BrCl2N5O2/c22-12-5-7-18(31-10-11-4-6-13(23)9-15(11)24)14(8-12)20-19-16(2-1-3-17(19)30)25-21-26-27-28-29(20)21/h4-9,20H,1-3,10H2,(H,25,26,28). The number of carbonyl (C=O) groups is 1. The number of Topliss-reactive ketones (excluding diaryl/α,β-unsaturated/α-hetero) is 1. The van der Waals surface area contributed by atoms with E-state index in [4.69, 9.17) is 27.9 Å². The number of aromatic nitrogens is 4. The maximum atomic E-state index is 12.9. The molecule has 2 aromatic carbocycles. The van der Waals surface area contributed by atoms with Crippen LogP contribution in [0.4, 0.5) is 5.95 Å². The van der Waals surface area contributed by atoms with Crippen LogP contribution in [0.2, 0.25) is 10.0 Å². The quantitative estimate of drug-likeness (QED) is 0.499. The van der Waals surface area contributed by atoms with Gasteiger partial charge in [0, 0.05) is 43.3 Å². The van der Waals surface area contributed by atoms with Crippen LogP contribution in [0.5, 0.6) is 5.75 Å². The number of fused-ring (bicyclic) bond motifs is 1. The second-order valence-corrected chi connectivity index (χ2v) is 9.11. The fourth-order valence-corrected chi connectivity index (χ4v) is 4.81. The minimum Gasteiger partial charge on any atom is -0.488 e. The molecule has 3 aromatic rings. The van der Waals surface area contributed by atoms with Gasteiger partial charge < -0.3 is 10.1 Å². The summed E-state index contributed by atoms with van der Waals surface area (Å²) in [6.45, 7) is 0.248. The first-order valence-corrected chi connectivity index (χ1v) is 11.2. The van der Waals surface area contributed by atoms with Gasteiger partial charge in [-0.1, -0.05) is 50.3 Å². The maximum absolute atomic E-state index is 12.9. The van der Waals surface area contributed by atoms with E-state index in [0.29, 0.717) is 33.7 Å². The smallest absolute Gasteiger partial charge is 0.248 e. The molecule has 1 N–H and O–H groups in total. The second kappa shape index (κ2) is 8.26. The highest BCUT2D eigenvalue weighted by molar-refractivity contribution is 9.10. The number of halogens is 3. The number of nitrogens with one attached hydrogen (secondary N) is 1. The third-order valence-corrected chi connectivity index (χ3v) is 6.47. The third kappa shape index (κ3) is 3.84. The second-order valence-electron chi connectivity index (χ2n) is 7.35. The van der Waals surface area contributed by atoms with Crippen LogP contribution in [-0.2, 0) is 11.4 Å². The van der Waals surface area contributed by atoms with E-state index in [1.165, 1.54) is 0 Å². The first-order valence-electron chi connectivity index (χ1n) is 9.68. The van der Waals surface area contributed by atoms with Crippen LogP contribution >= 0.6 is 39.1 Å². The van der Waals surface area contributed by atoms with Gasteiger partial charge in [0.25, 0.3) is 0 Å². The van der Waals surface area contributed by atoms with Crippen molar-refractivity contribution in [2.45, 2.75) is 31.9 Å². The molecule has 0 saturated carbocycles. The molecule has 0 bridgehead atoms. The number of ether oxygens (including phenoxy) is 1. The molecule has 158 valence electrons. The summed E-state index contributed by atoms with van der Waals surface area (Å²) in [6, 6.07) is 10.5. The van der Waals surface area contributed by atoms with Crippen LogP contribution < -0.4 is 10.1 Å². The van der Waals surface area contributed by atoms with Crippen LogP contribution in [0.15, 0.2) is 52.1 Å². The van der Waals surface area contributed by atoms with E-state index in [0.717, 1.165) is 34.1 Å². The van der Waals surface area contributed by atoms with Crippen molar-refractivity contribution in [1.82, 2.24) is 20.2 Å². The maximum Gasteiger partial charge on any atom is 0.248 e. The molecule has 1 unspecified atom stereocenters. The Hall–Kier alpha value is -2.42. The van der Waals surface area contributed by atoms with Gasteiger partial charge in [0.1, 0.15) is 18.4 Å². The minimum absolute atomic E-state index is 0.0894. The lowest BCUT2D eigenvalue weighted by atomic mass is 9.85. The molecule has 7 nitrogen and oxygen atoms in total. The highest BCUT2D eigenvalue weighted by atomic mass is 79.9. The molecule has 0 fully saturated rings. The van der Waals surface area contributed by atoms with Crippen molar-refractivity contribution in [3.8, 4) is 5.75 Å². The van der Waals surface area contributed by atoms with Gasteiger partial charge in [-0.05, 0) is 53.6 Å². The number of hydrogen-bond acceptors (Lipinski definition) is 6. The van der Waals surface area contributed by atoms with Gasteiger partial charge in [0.15, 0.2) is 5.78 Å². The van der Waals surface area contributed by atoms with Gasteiger partial charge in [-0.15, -0.1) is 0 Å². The van der Waals surface area contributed by atoms with E-state index in [1.54, 1.807) is 16.8 Å². The van der Waals surface area contributed by atoms with E-state index >= 15 is 0 Å². The minimum atomic E-state index is -0.484. The summed E-state index contributed by atoms with van der Waals surface area (Å²) in [7, 11) is 0. The molecule has 1 aromatic heterocycles. The van der Waals surface area contributed by atoms with Crippen LogP contribution in [0.1, 0.15) is 36.4 Å². The zero-order valence-electron chi connectivity index (χ0n) is 16.1. The fraction of sp³-hybridized carbons (Fsp3) is 0.238. The average Bonchev–Trinajstić information content (AvgIpc) is 3.21. The number of hydrogen-bond donors (Lipinski definition) is 1. The molecule has 10 heteroatoms. The first kappa shape index (κ1) is 20.5. The van der Waals surface area contributed by atoms with Crippen molar-refractivity contribution < 1.29 is 9.53 Å². The summed E-state index contributed by atoms with van der Waals surface area (Å²) in [5.74, 6) is 1.21. The first-order chi connectivity index (χ1) is 15.0. The summed E-state index contributed by atoms with van der Waals surface area (Å²) in [6.07, 6.45) is 2.07. The molecule has 31 heavy (non-hydrogen) atoms. The number of anilines is 1. The molecule has 5 rings (SSSR count). The Balaban J connectivity index is 1.57. The molecule has 1 aliphatic carbocycles. The Morgan fingerprint density at radius 1 is 1.19 bits per heavy atom. The number of ketones is 1. The van der Waals surface area contributed by atoms with Gasteiger partial charge in [0.2, 0.25) is 5.95 Å². The fourth-order valence-electron chi connectivity index (χ4n) is 3.96. The number of allylic oxidation sites excluding steroid dienone is 2. The monoisotopic (exact) mass is 519 g/mol. The largest absolute Gasteiger partial charge is 0.488 e. The Morgan fingerprint density at radius 2 is 2.06 bits per heavy atom. The van der Waals surface area contributed by atoms with Gasteiger partial charge in [-0.3, -0.25) is 4.79 Å². The highest BCUT2D eigenvalue weighted by Gasteiger charge is 2.38. The van der Waals surface area contributed by atoms with Crippen molar-refractivity contribution in [2.24, 2.45) is 0 Å². The van der Waals surface area contributed by atoms with E-state index in [2.05, 4.69) is 36.8 Å². The van der Waals surface area contributed by atoms with E-state index in [1.807, 2.05) is 24.3 Å². The number of benzene rings is 2. The predicted octanol–water partition coefficient (Wildman–Crippen LogP) is 5.34. The van der Waals surface area contributed by atoms with Crippen molar-refractivity contribution in [3.63, 3.8) is 0 Å². The average molecular weight is 521 g/mol. The SMILES string of the molecule is O=C1CCCC2=C1C(c1cc(Br)ccc1OCc1ccc(Cl)cc1Cl)n1nnnc1N2. The van der Waals surface area contributed by atoms with E-state index in [-0.39, 0.29) is 12.4 Å². The number of rotatable bonds is 4. The normalized spacial score (nSPS) is 17.8. The molecule has 0 spiro atoms. The van der Waals surface area contributed by atoms with Crippen molar-refractivity contribution in [2.75, 3.05) is 5.32 Å². The Labute approximate surface area is 196 Å². The van der Waals surface area contributed by atoms with Gasteiger partial charge in [-0.2, -0.15) is 4.68 Å². The van der Waals surface area contributed by atoms with Gasteiger partial charge in [-0.25, -0.2) is 0 Å². The molecular weight excluding hydrogens is 505 g/mol. The summed E-state index contributed by atoms with van der Waals surface area (Å²) < 4.78 is 8.66. The predicted molar refractivity (Wildman–Crippen MR) is 120 cm³/mol. The molecule has 0 saturated heterocycles. The molecule has 1 atom stereocenters. The molecule has 2 heterocycles. The molecule has 0 radical (unpaired) electrons. The Morgan fingerprint density at radius 3 is 2.90 bits per heavy atom.